The molecule has 1 aliphatic rings. The first kappa shape index (κ1) is 29.3. The van der Waals surface area contributed by atoms with E-state index < -0.39 is 28.5 Å². The van der Waals surface area contributed by atoms with Crippen LogP contribution in [0.2, 0.25) is 0 Å². The van der Waals surface area contributed by atoms with E-state index in [2.05, 4.69) is 5.32 Å². The topological polar surface area (TPSA) is 86.8 Å². The summed E-state index contributed by atoms with van der Waals surface area (Å²) in [7, 11) is -3.78. The first-order chi connectivity index (χ1) is 19.1. The molecule has 0 bridgehead atoms. The Hall–Kier alpha value is -3.65. The van der Waals surface area contributed by atoms with E-state index in [-0.39, 0.29) is 18.5 Å². The highest BCUT2D eigenvalue weighted by atomic mass is 32.2. The first-order valence-electron chi connectivity index (χ1n) is 13.8. The van der Waals surface area contributed by atoms with E-state index in [1.807, 2.05) is 80.6 Å². The molecule has 1 N–H and O–H groups in total. The molecule has 0 spiro atoms. The summed E-state index contributed by atoms with van der Waals surface area (Å²) in [5.41, 5.74) is 4.27. The van der Waals surface area contributed by atoms with E-state index >= 15 is 0 Å². The van der Waals surface area contributed by atoms with Crippen molar-refractivity contribution in [3.05, 3.63) is 101 Å². The second-order valence-electron chi connectivity index (χ2n) is 10.8. The van der Waals surface area contributed by atoms with E-state index in [1.54, 1.807) is 17.0 Å². The number of carbonyl (C=O) groups is 2. The summed E-state index contributed by atoms with van der Waals surface area (Å²) in [6.45, 7) is 3.68. The lowest BCUT2D eigenvalue weighted by atomic mass is 10.0. The molecule has 1 atom stereocenters. The van der Waals surface area contributed by atoms with Gasteiger partial charge in [0.1, 0.15) is 12.6 Å². The van der Waals surface area contributed by atoms with Gasteiger partial charge in [-0.2, -0.15) is 0 Å². The number of carbonyl (C=O) groups excluding carboxylic acids is 2. The van der Waals surface area contributed by atoms with Gasteiger partial charge in [0.15, 0.2) is 0 Å². The molecule has 4 rings (SSSR count). The number of rotatable bonds is 11. The molecule has 3 aromatic carbocycles. The molecule has 1 fully saturated rings. The van der Waals surface area contributed by atoms with Crippen LogP contribution in [0, 0.1) is 13.8 Å². The predicted molar refractivity (Wildman–Crippen MR) is 159 cm³/mol. The Morgan fingerprint density at radius 1 is 0.850 bits per heavy atom. The number of nitrogens with one attached hydrogen (secondary N) is 1. The number of nitrogens with zero attached hydrogens (tertiary/aromatic N) is 2. The van der Waals surface area contributed by atoms with Crippen LogP contribution < -0.4 is 9.62 Å². The molecule has 0 heterocycles. The Bertz CT molecular complexity index is 1380. The Morgan fingerprint density at radius 3 is 2.00 bits per heavy atom. The number of hydrogen-bond acceptors (Lipinski definition) is 4. The van der Waals surface area contributed by atoms with Crippen molar-refractivity contribution < 1.29 is 18.0 Å². The summed E-state index contributed by atoms with van der Waals surface area (Å²) in [4.78, 5) is 29.5. The van der Waals surface area contributed by atoms with Gasteiger partial charge in [0, 0.05) is 19.0 Å². The number of sulfonamides is 1. The summed E-state index contributed by atoms with van der Waals surface area (Å²) in [5.74, 6) is -0.647. The lowest BCUT2D eigenvalue weighted by Crippen LogP contribution is -2.54. The summed E-state index contributed by atoms with van der Waals surface area (Å²) in [6, 6.07) is 23.8. The van der Waals surface area contributed by atoms with Crippen LogP contribution in [0.15, 0.2) is 78.9 Å². The van der Waals surface area contributed by atoms with Crippen LogP contribution in [-0.2, 0) is 32.6 Å². The maximum absolute atomic E-state index is 14.1. The predicted octanol–water partition coefficient (Wildman–Crippen LogP) is 4.77. The maximum Gasteiger partial charge on any atom is 0.244 e. The van der Waals surface area contributed by atoms with Crippen LogP contribution in [0.3, 0.4) is 0 Å². The van der Waals surface area contributed by atoms with Crippen molar-refractivity contribution in [1.29, 1.82) is 0 Å². The highest BCUT2D eigenvalue weighted by Crippen LogP contribution is 2.22. The zero-order valence-corrected chi connectivity index (χ0v) is 24.4. The molecule has 7 nitrogen and oxygen atoms in total. The molecular weight excluding hydrogens is 522 g/mol. The van der Waals surface area contributed by atoms with E-state index in [0.717, 1.165) is 58.5 Å². The van der Waals surface area contributed by atoms with Gasteiger partial charge in [-0.1, -0.05) is 90.7 Å². The fraction of sp³-hybridized carbons (Fsp3) is 0.375. The average Bonchev–Trinajstić information content (AvgIpc) is 3.44. The Labute approximate surface area is 238 Å². The molecule has 0 saturated heterocycles. The van der Waals surface area contributed by atoms with Crippen molar-refractivity contribution in [3.63, 3.8) is 0 Å². The van der Waals surface area contributed by atoms with Gasteiger partial charge in [0.2, 0.25) is 21.8 Å². The van der Waals surface area contributed by atoms with Crippen LogP contribution in [0.4, 0.5) is 5.69 Å². The van der Waals surface area contributed by atoms with Gasteiger partial charge in [-0.25, -0.2) is 8.42 Å². The van der Waals surface area contributed by atoms with Crippen molar-refractivity contribution in [3.8, 4) is 0 Å². The van der Waals surface area contributed by atoms with Gasteiger partial charge in [-0.15, -0.1) is 0 Å². The fourth-order valence-corrected chi connectivity index (χ4v) is 5.99. The molecule has 0 unspecified atom stereocenters. The normalized spacial score (nSPS) is 14.5. The van der Waals surface area contributed by atoms with E-state index in [1.165, 1.54) is 0 Å². The van der Waals surface area contributed by atoms with Crippen molar-refractivity contribution in [1.82, 2.24) is 10.2 Å². The minimum absolute atomic E-state index is 0.0853. The molecule has 1 saturated carbocycles. The van der Waals surface area contributed by atoms with Gasteiger partial charge in [-0.3, -0.25) is 13.9 Å². The second kappa shape index (κ2) is 13.1. The van der Waals surface area contributed by atoms with E-state index in [0.29, 0.717) is 12.1 Å². The number of amides is 2. The summed E-state index contributed by atoms with van der Waals surface area (Å²) < 4.78 is 26.9. The smallest absolute Gasteiger partial charge is 0.244 e. The fourth-order valence-electron chi connectivity index (χ4n) is 5.14. The van der Waals surface area contributed by atoms with Gasteiger partial charge in [0.05, 0.1) is 11.9 Å². The Morgan fingerprint density at radius 2 is 1.43 bits per heavy atom. The van der Waals surface area contributed by atoms with Gasteiger partial charge < -0.3 is 10.2 Å². The lowest BCUT2D eigenvalue weighted by Gasteiger charge is -2.34. The molecule has 2 amide bonds. The number of benzene rings is 3. The molecule has 212 valence electrons. The molecule has 40 heavy (non-hydrogen) atoms. The van der Waals surface area contributed by atoms with Crippen LogP contribution in [-0.4, -0.2) is 50.0 Å². The average molecular weight is 562 g/mol. The third-order valence-electron chi connectivity index (χ3n) is 7.45. The summed E-state index contributed by atoms with van der Waals surface area (Å²) in [5, 5.41) is 3.19. The Kier molecular flexibility index (Phi) is 9.63. The van der Waals surface area contributed by atoms with Crippen molar-refractivity contribution in [2.75, 3.05) is 17.1 Å². The largest absolute Gasteiger partial charge is 0.352 e. The zero-order chi connectivity index (χ0) is 28.7. The lowest BCUT2D eigenvalue weighted by molar-refractivity contribution is -0.140. The van der Waals surface area contributed by atoms with Gasteiger partial charge in [0.25, 0.3) is 0 Å². The van der Waals surface area contributed by atoms with Crippen molar-refractivity contribution in [2.24, 2.45) is 0 Å². The SMILES string of the molecule is Cc1ccc(CN(C(=O)CN(c2ccc(C)cc2)S(C)(=O)=O)[C@@H](Cc2ccccc2)C(=O)NC2CCCC2)cc1. The Balaban J connectivity index is 1.71. The van der Waals surface area contributed by atoms with Crippen molar-refractivity contribution in [2.45, 2.75) is 64.6 Å². The van der Waals surface area contributed by atoms with Gasteiger partial charge in [-0.05, 0) is 49.9 Å². The third kappa shape index (κ3) is 7.94. The summed E-state index contributed by atoms with van der Waals surface area (Å²) >= 11 is 0. The maximum atomic E-state index is 14.1. The molecule has 8 heteroatoms. The molecule has 0 aromatic heterocycles. The minimum atomic E-state index is -3.78. The quantitative estimate of drug-likeness (QED) is 0.366. The molecule has 0 radical (unpaired) electrons. The van der Waals surface area contributed by atoms with E-state index in [4.69, 9.17) is 0 Å². The second-order valence-corrected chi connectivity index (χ2v) is 12.7. The number of hydrogen-bond donors (Lipinski definition) is 1. The van der Waals surface area contributed by atoms with Crippen molar-refractivity contribution >= 4 is 27.5 Å². The van der Waals surface area contributed by atoms with Crippen LogP contribution >= 0.6 is 0 Å². The third-order valence-corrected chi connectivity index (χ3v) is 8.59. The van der Waals surface area contributed by atoms with Crippen LogP contribution in [0.1, 0.15) is 47.9 Å². The molecular formula is C32H39N3O4S. The molecule has 0 aliphatic heterocycles. The van der Waals surface area contributed by atoms with Gasteiger partial charge >= 0.3 is 0 Å². The summed E-state index contributed by atoms with van der Waals surface area (Å²) in [6.07, 6.45) is 5.40. The number of anilines is 1. The minimum Gasteiger partial charge on any atom is -0.352 e. The van der Waals surface area contributed by atoms with Crippen LogP contribution in [0.5, 0.6) is 0 Å². The zero-order valence-electron chi connectivity index (χ0n) is 23.5. The standard InChI is InChI=1S/C32H39N3O4S/c1-24-13-17-27(18-14-24)22-34(31(36)23-35(40(3,38)39)29-19-15-25(2)16-20-29)30(21-26-9-5-4-6-10-26)32(37)33-28-11-7-8-12-28/h4-6,9-10,13-20,28,30H,7-8,11-12,21-23H2,1-3H3,(H,33,37)/t30-/m0/s1. The monoisotopic (exact) mass is 561 g/mol. The number of aryl methyl sites for hydroxylation is 2. The molecule has 1 aliphatic carbocycles. The van der Waals surface area contributed by atoms with E-state index in [9.17, 15) is 18.0 Å². The highest BCUT2D eigenvalue weighted by Gasteiger charge is 2.34. The van der Waals surface area contributed by atoms with Crippen LogP contribution in [0.25, 0.3) is 0 Å². The first-order valence-corrected chi connectivity index (χ1v) is 15.7. The highest BCUT2D eigenvalue weighted by molar-refractivity contribution is 7.92. The molecule has 3 aromatic rings.